The number of hydrogen-bond donors (Lipinski definition) is 2. The predicted molar refractivity (Wildman–Crippen MR) is 101 cm³/mol. The van der Waals surface area contributed by atoms with Crippen molar-refractivity contribution >= 4 is 33.4 Å². The number of carbonyl (C=O) groups is 2. The monoisotopic (exact) mass is 425 g/mol. The summed E-state index contributed by atoms with van der Waals surface area (Å²) < 4.78 is 37.0. The molecule has 7 nitrogen and oxygen atoms in total. The summed E-state index contributed by atoms with van der Waals surface area (Å²) in [5.41, 5.74) is 6.36. The quantitative estimate of drug-likeness (QED) is 0.761. The molecule has 1 heterocycles. The molecule has 0 aromatic heterocycles. The zero-order valence-electron chi connectivity index (χ0n) is 14.7. The molecular formula is C18H17ClFN3O4S. The van der Waals surface area contributed by atoms with Crippen molar-refractivity contribution in [2.75, 3.05) is 12.8 Å². The second kappa shape index (κ2) is 7.40. The van der Waals surface area contributed by atoms with Gasteiger partial charge in [-0.05, 0) is 35.4 Å². The summed E-state index contributed by atoms with van der Waals surface area (Å²) in [5, 5.41) is 2.37. The fraction of sp³-hybridized carbons (Fsp3) is 0.222. The summed E-state index contributed by atoms with van der Waals surface area (Å²) in [4.78, 5) is 25.4. The average Bonchev–Trinajstić information content (AvgIpc) is 3.00. The lowest BCUT2D eigenvalue weighted by molar-refractivity contribution is -0.119. The molecule has 1 saturated heterocycles. The smallest absolute Gasteiger partial charge is 0.318 e. The number of amides is 3. The lowest BCUT2D eigenvalue weighted by Gasteiger charge is -2.28. The van der Waals surface area contributed by atoms with Gasteiger partial charge >= 0.3 is 6.03 Å². The van der Waals surface area contributed by atoms with Crippen molar-refractivity contribution in [1.82, 2.24) is 10.2 Å². The highest BCUT2D eigenvalue weighted by molar-refractivity contribution is 7.90. The Morgan fingerprint density at radius 2 is 1.86 bits per heavy atom. The van der Waals surface area contributed by atoms with Crippen LogP contribution in [0.15, 0.2) is 47.4 Å². The molecule has 0 aliphatic carbocycles. The first-order valence-electron chi connectivity index (χ1n) is 8.19. The van der Waals surface area contributed by atoms with E-state index in [2.05, 4.69) is 5.32 Å². The molecule has 1 aliphatic rings. The Morgan fingerprint density at radius 1 is 1.25 bits per heavy atom. The summed E-state index contributed by atoms with van der Waals surface area (Å²) in [6.45, 7) is 0.00164. The van der Waals surface area contributed by atoms with Crippen LogP contribution in [0.3, 0.4) is 0 Å². The molecule has 1 aliphatic heterocycles. The summed E-state index contributed by atoms with van der Waals surface area (Å²) in [6, 6.07) is 7.86. The maximum atomic E-state index is 13.6. The first-order valence-corrected chi connectivity index (χ1v) is 10.5. The number of carbonyl (C=O) groups excluding carboxylic acids is 2. The van der Waals surface area contributed by atoms with Gasteiger partial charge in [0.2, 0.25) is 5.91 Å². The zero-order valence-corrected chi connectivity index (χ0v) is 16.3. The van der Waals surface area contributed by atoms with E-state index in [-0.39, 0.29) is 16.5 Å². The Kier molecular flexibility index (Phi) is 5.31. The van der Waals surface area contributed by atoms with Gasteiger partial charge in [0.1, 0.15) is 11.9 Å². The molecular weight excluding hydrogens is 409 g/mol. The molecule has 1 fully saturated rings. The van der Waals surface area contributed by atoms with Crippen molar-refractivity contribution in [3.8, 4) is 0 Å². The lowest BCUT2D eigenvalue weighted by atomic mass is 9.97. The highest BCUT2D eigenvalue weighted by Gasteiger charge is 2.38. The van der Waals surface area contributed by atoms with Crippen LogP contribution in [0.2, 0.25) is 5.02 Å². The van der Waals surface area contributed by atoms with E-state index in [1.807, 2.05) is 0 Å². The molecule has 28 heavy (non-hydrogen) atoms. The number of rotatable bonds is 5. The van der Waals surface area contributed by atoms with E-state index in [1.54, 1.807) is 12.1 Å². The number of hydrogen-bond acceptors (Lipinski definition) is 4. The van der Waals surface area contributed by atoms with Crippen molar-refractivity contribution in [1.29, 1.82) is 0 Å². The minimum atomic E-state index is -3.40. The topological polar surface area (TPSA) is 110 Å². The number of halogens is 2. The minimum absolute atomic E-state index is 0.00164. The molecule has 0 bridgehead atoms. The summed E-state index contributed by atoms with van der Waals surface area (Å²) in [7, 11) is -3.40. The van der Waals surface area contributed by atoms with Crippen molar-refractivity contribution in [2.24, 2.45) is 5.73 Å². The van der Waals surface area contributed by atoms with Crippen LogP contribution in [0.5, 0.6) is 0 Å². The Hall–Kier alpha value is -2.65. The molecule has 3 rings (SSSR count). The molecule has 0 saturated carbocycles. The standard InChI is InChI=1S/C18H17ClFN3O4S/c1-28(26,27)12-5-2-10(3-6-12)16(11-4-7-14(20)13(19)8-11)23-9-15(17(21)24)22-18(23)25/h2-8,15-16H,9H2,1H3,(H2,21,24)(H,22,25)/t15?,16-/m0/s1. The molecule has 1 unspecified atom stereocenters. The summed E-state index contributed by atoms with van der Waals surface area (Å²) in [5.74, 6) is -1.29. The van der Waals surface area contributed by atoms with Crippen LogP contribution in [0.25, 0.3) is 0 Å². The fourth-order valence-corrected chi connectivity index (χ4v) is 3.89. The van der Waals surface area contributed by atoms with Gasteiger partial charge < -0.3 is 16.0 Å². The van der Waals surface area contributed by atoms with Gasteiger partial charge in [-0.1, -0.05) is 29.8 Å². The van der Waals surface area contributed by atoms with Crippen LogP contribution in [0, 0.1) is 5.82 Å². The van der Waals surface area contributed by atoms with E-state index in [0.717, 1.165) is 6.26 Å². The van der Waals surface area contributed by atoms with E-state index < -0.39 is 39.7 Å². The lowest BCUT2D eigenvalue weighted by Crippen LogP contribution is -2.39. The first kappa shape index (κ1) is 20.1. The Morgan fingerprint density at radius 3 is 2.36 bits per heavy atom. The van der Waals surface area contributed by atoms with Gasteiger partial charge in [-0.2, -0.15) is 0 Å². The van der Waals surface area contributed by atoms with Crippen molar-refractivity contribution in [3.63, 3.8) is 0 Å². The normalized spacial score (nSPS) is 18.0. The van der Waals surface area contributed by atoms with Crippen molar-refractivity contribution in [3.05, 3.63) is 64.4 Å². The van der Waals surface area contributed by atoms with Gasteiger partial charge in [0, 0.05) is 6.26 Å². The third kappa shape index (κ3) is 3.95. The molecule has 3 N–H and O–H groups in total. The number of nitrogens with one attached hydrogen (secondary N) is 1. The number of urea groups is 1. The van der Waals surface area contributed by atoms with Gasteiger partial charge in [0.15, 0.2) is 9.84 Å². The van der Waals surface area contributed by atoms with Gasteiger partial charge in [-0.25, -0.2) is 17.6 Å². The van der Waals surface area contributed by atoms with E-state index in [0.29, 0.717) is 11.1 Å². The second-order valence-corrected chi connectivity index (χ2v) is 8.90. The Labute approximate surface area is 166 Å². The molecule has 148 valence electrons. The third-order valence-electron chi connectivity index (χ3n) is 4.48. The summed E-state index contributed by atoms with van der Waals surface area (Å²) >= 11 is 5.91. The van der Waals surface area contributed by atoms with Crippen molar-refractivity contribution in [2.45, 2.75) is 17.0 Å². The fourth-order valence-electron chi connectivity index (χ4n) is 3.07. The number of nitrogens with zero attached hydrogens (tertiary/aromatic N) is 1. The molecule has 2 aromatic carbocycles. The van der Waals surface area contributed by atoms with Gasteiger partial charge in [0.05, 0.1) is 22.5 Å². The van der Waals surface area contributed by atoms with Gasteiger partial charge in [0.25, 0.3) is 0 Å². The minimum Gasteiger partial charge on any atom is -0.368 e. The predicted octanol–water partition coefficient (Wildman–Crippen LogP) is 1.85. The highest BCUT2D eigenvalue weighted by atomic mass is 35.5. The van der Waals surface area contributed by atoms with E-state index in [9.17, 15) is 22.4 Å². The zero-order chi connectivity index (χ0) is 20.6. The molecule has 2 atom stereocenters. The molecule has 2 aromatic rings. The average molecular weight is 426 g/mol. The maximum absolute atomic E-state index is 13.6. The summed E-state index contributed by atoms with van der Waals surface area (Å²) in [6.07, 6.45) is 1.09. The van der Waals surface area contributed by atoms with Crippen LogP contribution >= 0.6 is 11.6 Å². The SMILES string of the molecule is CS(=O)(=O)c1ccc([C@@H](c2ccc(F)c(Cl)c2)N2CC(C(N)=O)NC2=O)cc1. The molecule has 10 heteroatoms. The molecule has 0 spiro atoms. The largest absolute Gasteiger partial charge is 0.368 e. The Bertz CT molecular complexity index is 1040. The number of primary amides is 1. The number of nitrogens with two attached hydrogens (primary N) is 1. The third-order valence-corrected chi connectivity index (χ3v) is 5.89. The van der Waals surface area contributed by atoms with E-state index in [1.165, 1.54) is 35.2 Å². The number of benzene rings is 2. The van der Waals surface area contributed by atoms with Crippen LogP contribution in [0.4, 0.5) is 9.18 Å². The van der Waals surface area contributed by atoms with Crippen molar-refractivity contribution < 1.29 is 22.4 Å². The van der Waals surface area contributed by atoms with Crippen LogP contribution in [-0.4, -0.2) is 44.1 Å². The maximum Gasteiger partial charge on any atom is 0.318 e. The van der Waals surface area contributed by atoms with Gasteiger partial charge in [-0.3, -0.25) is 4.79 Å². The first-order chi connectivity index (χ1) is 13.1. The second-order valence-electron chi connectivity index (χ2n) is 6.47. The highest BCUT2D eigenvalue weighted by Crippen LogP contribution is 2.33. The Balaban J connectivity index is 2.08. The van der Waals surface area contributed by atoms with Crippen LogP contribution in [0.1, 0.15) is 17.2 Å². The molecule has 3 amide bonds. The molecule has 0 radical (unpaired) electrons. The van der Waals surface area contributed by atoms with E-state index in [4.69, 9.17) is 17.3 Å². The number of sulfone groups is 1. The van der Waals surface area contributed by atoms with E-state index >= 15 is 0 Å². The van der Waals surface area contributed by atoms with Gasteiger partial charge in [-0.15, -0.1) is 0 Å². The van der Waals surface area contributed by atoms with Crippen LogP contribution < -0.4 is 11.1 Å². The van der Waals surface area contributed by atoms with Crippen LogP contribution in [-0.2, 0) is 14.6 Å².